The number of aromatic nitrogens is 2. The number of nitrogens with zero attached hydrogens (tertiary/aromatic N) is 2. The van der Waals surface area contributed by atoms with Crippen LogP contribution in [0.25, 0.3) is 16.9 Å². The third-order valence-electron chi connectivity index (χ3n) is 4.82. The highest BCUT2D eigenvalue weighted by Crippen LogP contribution is 2.39. The van der Waals surface area contributed by atoms with Crippen molar-refractivity contribution >= 4 is 17.4 Å². The predicted octanol–water partition coefficient (Wildman–Crippen LogP) is 5.26. The van der Waals surface area contributed by atoms with E-state index in [1.165, 1.54) is 11.1 Å². The largest absolute Gasteiger partial charge is 0.496 e. The minimum atomic E-state index is 0.681. The van der Waals surface area contributed by atoms with Gasteiger partial charge in [-0.05, 0) is 56.5 Å². The van der Waals surface area contributed by atoms with E-state index in [2.05, 4.69) is 36.5 Å². The second-order valence-corrected chi connectivity index (χ2v) is 7.09. The fourth-order valence-corrected chi connectivity index (χ4v) is 3.63. The molecule has 1 aliphatic heterocycles. The normalized spacial score (nSPS) is 13.7. The van der Waals surface area contributed by atoms with Crippen LogP contribution in [-0.4, -0.2) is 23.4 Å². The van der Waals surface area contributed by atoms with Gasteiger partial charge in [-0.25, -0.2) is 4.68 Å². The molecule has 0 bridgehead atoms. The highest BCUT2D eigenvalue weighted by Gasteiger charge is 2.23. The number of nitrogens with one attached hydrogen (secondary N) is 1. The zero-order valence-electron chi connectivity index (χ0n) is 15.1. The highest BCUT2D eigenvalue weighted by molar-refractivity contribution is 6.31. The van der Waals surface area contributed by atoms with Crippen molar-refractivity contribution in [3.05, 3.63) is 58.6 Å². The van der Waals surface area contributed by atoms with Crippen LogP contribution in [0, 0.1) is 6.92 Å². The van der Waals surface area contributed by atoms with Gasteiger partial charge in [0.25, 0.3) is 0 Å². The lowest BCUT2D eigenvalue weighted by molar-refractivity contribution is 0.416. The Hall–Kier alpha value is -2.46. The third-order valence-corrected chi connectivity index (χ3v) is 5.06. The van der Waals surface area contributed by atoms with Gasteiger partial charge in [-0.1, -0.05) is 29.3 Å². The van der Waals surface area contributed by atoms with Crippen LogP contribution in [0.3, 0.4) is 0 Å². The summed E-state index contributed by atoms with van der Waals surface area (Å²) in [6.07, 6.45) is 3.27. The van der Waals surface area contributed by atoms with Gasteiger partial charge in [-0.15, -0.1) is 0 Å². The van der Waals surface area contributed by atoms with Gasteiger partial charge >= 0.3 is 0 Å². The first-order valence-corrected chi connectivity index (χ1v) is 9.32. The molecular formula is C21H22ClN3O. The van der Waals surface area contributed by atoms with Crippen LogP contribution < -0.4 is 10.1 Å². The number of aryl methyl sites for hydroxylation is 1. The zero-order chi connectivity index (χ0) is 18.1. The first-order valence-electron chi connectivity index (χ1n) is 8.94. The van der Waals surface area contributed by atoms with E-state index in [1.54, 1.807) is 7.11 Å². The standard InChI is InChI=1S/C21H22ClN3O/c1-14-6-9-16(10-7-14)25-21-17(5-3-4-12-23-21)20(24-25)18-13-15(22)8-11-19(18)26-2/h6-11,13,23H,3-5,12H2,1-2H3. The molecular weight excluding hydrogens is 346 g/mol. The van der Waals surface area contributed by atoms with Gasteiger partial charge in [0.1, 0.15) is 17.3 Å². The van der Waals surface area contributed by atoms with Crippen molar-refractivity contribution in [1.29, 1.82) is 0 Å². The summed E-state index contributed by atoms with van der Waals surface area (Å²) < 4.78 is 7.59. The van der Waals surface area contributed by atoms with Crippen molar-refractivity contribution in [1.82, 2.24) is 9.78 Å². The van der Waals surface area contributed by atoms with Gasteiger partial charge < -0.3 is 10.1 Å². The number of anilines is 1. The molecule has 0 saturated carbocycles. The molecule has 134 valence electrons. The van der Waals surface area contributed by atoms with Gasteiger partial charge in [-0.3, -0.25) is 0 Å². The van der Waals surface area contributed by atoms with Crippen molar-refractivity contribution < 1.29 is 4.74 Å². The molecule has 0 atom stereocenters. The van der Waals surface area contributed by atoms with Crippen LogP contribution in [0.5, 0.6) is 5.75 Å². The maximum Gasteiger partial charge on any atom is 0.133 e. The molecule has 2 aromatic carbocycles. The smallest absolute Gasteiger partial charge is 0.133 e. The molecule has 1 aromatic heterocycles. The Labute approximate surface area is 158 Å². The van der Waals surface area contributed by atoms with Gasteiger partial charge in [0, 0.05) is 22.7 Å². The lowest BCUT2D eigenvalue weighted by Gasteiger charge is -2.09. The third kappa shape index (κ3) is 3.06. The number of ether oxygens (including phenoxy) is 1. The van der Waals surface area contributed by atoms with Crippen molar-refractivity contribution in [2.75, 3.05) is 19.0 Å². The average Bonchev–Trinajstić information content (AvgIpc) is 2.84. The number of benzene rings is 2. The number of rotatable bonds is 3. The van der Waals surface area contributed by atoms with Gasteiger partial charge in [0.2, 0.25) is 0 Å². The summed E-state index contributed by atoms with van der Waals surface area (Å²) in [5, 5.41) is 9.23. The topological polar surface area (TPSA) is 39.1 Å². The van der Waals surface area contributed by atoms with E-state index >= 15 is 0 Å². The van der Waals surface area contributed by atoms with E-state index in [9.17, 15) is 0 Å². The molecule has 1 N–H and O–H groups in total. The summed E-state index contributed by atoms with van der Waals surface area (Å²) in [6.45, 7) is 3.05. The molecule has 1 aliphatic rings. The zero-order valence-corrected chi connectivity index (χ0v) is 15.8. The number of methoxy groups -OCH3 is 1. The quantitative estimate of drug-likeness (QED) is 0.686. The Bertz CT molecular complexity index is 931. The SMILES string of the molecule is COc1ccc(Cl)cc1-c1nn(-c2ccc(C)cc2)c2c1CCCCN2. The Morgan fingerprint density at radius 2 is 1.92 bits per heavy atom. The van der Waals surface area contributed by atoms with Crippen LogP contribution in [0.4, 0.5) is 5.82 Å². The van der Waals surface area contributed by atoms with Gasteiger partial charge in [0.05, 0.1) is 12.8 Å². The number of hydrogen-bond acceptors (Lipinski definition) is 3. The number of halogens is 1. The fraction of sp³-hybridized carbons (Fsp3) is 0.286. The summed E-state index contributed by atoms with van der Waals surface area (Å²) in [5.41, 5.74) is 5.38. The van der Waals surface area contributed by atoms with Gasteiger partial charge in [0.15, 0.2) is 0 Å². The molecule has 4 nitrogen and oxygen atoms in total. The monoisotopic (exact) mass is 367 g/mol. The van der Waals surface area contributed by atoms with E-state index in [0.29, 0.717) is 5.02 Å². The average molecular weight is 368 g/mol. The second kappa shape index (κ2) is 7.04. The molecule has 3 aromatic rings. The van der Waals surface area contributed by atoms with Crippen LogP contribution >= 0.6 is 11.6 Å². The van der Waals surface area contributed by atoms with Crippen molar-refractivity contribution in [2.45, 2.75) is 26.2 Å². The molecule has 0 unspecified atom stereocenters. The molecule has 26 heavy (non-hydrogen) atoms. The van der Waals surface area contributed by atoms with E-state index in [0.717, 1.165) is 54.3 Å². The van der Waals surface area contributed by atoms with E-state index in [4.69, 9.17) is 21.4 Å². The first-order chi connectivity index (χ1) is 12.7. The summed E-state index contributed by atoms with van der Waals surface area (Å²) in [6, 6.07) is 14.1. The minimum Gasteiger partial charge on any atom is -0.496 e. The van der Waals surface area contributed by atoms with Crippen LogP contribution in [-0.2, 0) is 6.42 Å². The van der Waals surface area contributed by atoms with E-state index in [-0.39, 0.29) is 0 Å². The molecule has 0 fully saturated rings. The molecule has 2 heterocycles. The predicted molar refractivity (Wildman–Crippen MR) is 107 cm³/mol. The summed E-state index contributed by atoms with van der Waals surface area (Å²) in [5.74, 6) is 1.86. The van der Waals surface area contributed by atoms with Crippen LogP contribution in [0.15, 0.2) is 42.5 Å². The number of fused-ring (bicyclic) bond motifs is 1. The Kier molecular flexibility index (Phi) is 4.60. The Morgan fingerprint density at radius 3 is 2.69 bits per heavy atom. The van der Waals surface area contributed by atoms with Crippen LogP contribution in [0.2, 0.25) is 5.02 Å². The lowest BCUT2D eigenvalue weighted by Crippen LogP contribution is -2.07. The molecule has 4 rings (SSSR count). The van der Waals surface area contributed by atoms with E-state index < -0.39 is 0 Å². The Morgan fingerprint density at radius 1 is 1.12 bits per heavy atom. The molecule has 0 amide bonds. The summed E-state index contributed by atoms with van der Waals surface area (Å²) in [4.78, 5) is 0. The molecule has 0 radical (unpaired) electrons. The molecule has 0 aliphatic carbocycles. The number of hydrogen-bond donors (Lipinski definition) is 1. The summed E-state index contributed by atoms with van der Waals surface area (Å²) >= 11 is 6.27. The Balaban J connectivity index is 1.93. The molecule has 5 heteroatoms. The fourth-order valence-electron chi connectivity index (χ4n) is 3.46. The van der Waals surface area contributed by atoms with Gasteiger partial charge in [-0.2, -0.15) is 5.10 Å². The van der Waals surface area contributed by atoms with E-state index in [1.807, 2.05) is 22.9 Å². The van der Waals surface area contributed by atoms with Crippen molar-refractivity contribution in [3.63, 3.8) is 0 Å². The highest BCUT2D eigenvalue weighted by atomic mass is 35.5. The molecule has 0 spiro atoms. The minimum absolute atomic E-state index is 0.681. The van der Waals surface area contributed by atoms with Crippen LogP contribution in [0.1, 0.15) is 24.0 Å². The summed E-state index contributed by atoms with van der Waals surface area (Å²) in [7, 11) is 1.68. The molecule has 0 saturated heterocycles. The maximum absolute atomic E-state index is 6.27. The first kappa shape index (κ1) is 17.0. The lowest BCUT2D eigenvalue weighted by atomic mass is 10.0. The van der Waals surface area contributed by atoms with Crippen molar-refractivity contribution in [2.24, 2.45) is 0 Å². The maximum atomic E-state index is 6.27. The second-order valence-electron chi connectivity index (χ2n) is 6.65. The van der Waals surface area contributed by atoms with Crippen molar-refractivity contribution in [3.8, 4) is 22.7 Å².